The Morgan fingerprint density at radius 1 is 1.10 bits per heavy atom. The molecule has 1 aliphatic rings. The van der Waals surface area contributed by atoms with E-state index >= 15 is 0 Å². The fourth-order valence-electron chi connectivity index (χ4n) is 4.21. The van der Waals surface area contributed by atoms with Crippen molar-refractivity contribution >= 4 is 28.6 Å². The number of hydrogen-bond donors (Lipinski definition) is 1. The summed E-state index contributed by atoms with van der Waals surface area (Å²) in [7, 11) is 0. The highest BCUT2D eigenvalue weighted by molar-refractivity contribution is 5.94. The number of benzene rings is 2. The van der Waals surface area contributed by atoms with Crippen LogP contribution in [0.1, 0.15) is 39.3 Å². The first-order chi connectivity index (χ1) is 14.6. The van der Waals surface area contributed by atoms with Crippen LogP contribution >= 0.6 is 0 Å². The fourth-order valence-corrected chi connectivity index (χ4v) is 4.21. The zero-order chi connectivity index (χ0) is 21.3. The van der Waals surface area contributed by atoms with Crippen LogP contribution in [-0.4, -0.2) is 35.2 Å². The molecule has 2 heterocycles. The summed E-state index contributed by atoms with van der Waals surface area (Å²) in [6.07, 6.45) is 0. The van der Waals surface area contributed by atoms with Gasteiger partial charge in [0.15, 0.2) is 0 Å². The first-order valence-corrected chi connectivity index (χ1v) is 10.6. The van der Waals surface area contributed by atoms with E-state index in [4.69, 9.17) is 9.72 Å². The quantitative estimate of drug-likeness (QED) is 0.602. The number of nitrogens with zero attached hydrogens (tertiary/aromatic N) is 3. The zero-order valence-electron chi connectivity index (χ0n) is 18.0. The first kappa shape index (κ1) is 20.0. The molecule has 156 valence electrons. The number of carbonyl (C=O) groups is 1. The van der Waals surface area contributed by atoms with E-state index in [1.807, 2.05) is 38.1 Å². The van der Waals surface area contributed by atoms with Crippen molar-refractivity contribution in [1.82, 2.24) is 9.55 Å². The van der Waals surface area contributed by atoms with Crippen LogP contribution in [0.5, 0.6) is 0 Å². The monoisotopic (exact) mass is 404 g/mol. The van der Waals surface area contributed by atoms with Crippen molar-refractivity contribution in [1.29, 1.82) is 0 Å². The van der Waals surface area contributed by atoms with Crippen LogP contribution in [-0.2, 0) is 9.53 Å². The zero-order valence-corrected chi connectivity index (χ0v) is 18.0. The number of esters is 1. The molecule has 0 aliphatic carbocycles. The third-order valence-corrected chi connectivity index (χ3v) is 5.66. The molecule has 0 unspecified atom stereocenters. The molecule has 0 saturated heterocycles. The number of rotatable bonds is 6. The van der Waals surface area contributed by atoms with Gasteiger partial charge in [-0.1, -0.05) is 24.3 Å². The van der Waals surface area contributed by atoms with Gasteiger partial charge in [-0.05, 0) is 57.5 Å². The molecule has 3 aromatic rings. The predicted molar refractivity (Wildman–Crippen MR) is 121 cm³/mol. The second-order valence-corrected chi connectivity index (χ2v) is 7.34. The summed E-state index contributed by atoms with van der Waals surface area (Å²) in [4.78, 5) is 20.0. The van der Waals surface area contributed by atoms with Crippen molar-refractivity contribution in [3.63, 3.8) is 0 Å². The van der Waals surface area contributed by atoms with Gasteiger partial charge in [0.25, 0.3) is 0 Å². The minimum atomic E-state index is -0.307. The lowest BCUT2D eigenvalue weighted by Crippen LogP contribution is -2.29. The second-order valence-electron chi connectivity index (χ2n) is 7.34. The summed E-state index contributed by atoms with van der Waals surface area (Å²) in [5.41, 5.74) is 5.46. The number of fused-ring (bicyclic) bond motifs is 3. The normalized spacial score (nSPS) is 15.7. The Hall–Kier alpha value is -3.28. The number of imidazole rings is 1. The Labute approximate surface area is 177 Å². The Balaban J connectivity index is 1.88. The highest BCUT2D eigenvalue weighted by Gasteiger charge is 2.34. The van der Waals surface area contributed by atoms with Crippen LogP contribution in [0.15, 0.2) is 59.8 Å². The van der Waals surface area contributed by atoms with Gasteiger partial charge in [-0.2, -0.15) is 0 Å². The summed E-state index contributed by atoms with van der Waals surface area (Å²) in [5, 5.41) is 3.31. The molecular formula is C24H28N4O2. The molecular weight excluding hydrogens is 376 g/mol. The molecule has 6 nitrogen and oxygen atoms in total. The van der Waals surface area contributed by atoms with Crippen molar-refractivity contribution in [2.24, 2.45) is 0 Å². The summed E-state index contributed by atoms with van der Waals surface area (Å²) in [6.45, 7) is 10.3. The summed E-state index contributed by atoms with van der Waals surface area (Å²) in [5.74, 6) is 0.434. The Bertz CT molecular complexity index is 1090. The van der Waals surface area contributed by atoms with Crippen LogP contribution in [0.25, 0.3) is 11.0 Å². The van der Waals surface area contributed by atoms with E-state index in [0.29, 0.717) is 12.2 Å². The molecule has 0 amide bonds. The van der Waals surface area contributed by atoms with Crippen LogP contribution in [0.3, 0.4) is 0 Å². The minimum Gasteiger partial charge on any atom is -0.463 e. The molecule has 1 N–H and O–H groups in total. The summed E-state index contributed by atoms with van der Waals surface area (Å²) in [6, 6.07) is 16.1. The topological polar surface area (TPSA) is 59.4 Å². The number of carbonyl (C=O) groups excluding carboxylic acids is 1. The molecule has 6 heteroatoms. The molecule has 2 aromatic carbocycles. The molecule has 0 spiro atoms. The van der Waals surface area contributed by atoms with Gasteiger partial charge in [0.05, 0.1) is 29.3 Å². The van der Waals surface area contributed by atoms with Crippen molar-refractivity contribution in [3.05, 3.63) is 65.4 Å². The van der Waals surface area contributed by atoms with Gasteiger partial charge in [0, 0.05) is 24.5 Å². The van der Waals surface area contributed by atoms with E-state index in [1.54, 1.807) is 0 Å². The number of nitrogens with one attached hydrogen (secondary N) is 1. The van der Waals surface area contributed by atoms with Gasteiger partial charge in [-0.15, -0.1) is 0 Å². The largest absolute Gasteiger partial charge is 0.463 e. The standard InChI is InChI=1S/C24H28N4O2/c1-5-27(6-2)18-14-12-17(13-15-18)22-21(23(29)30-7-3)16(4)25-24-26-19-10-8-9-11-20(19)28(22)24/h8-15,22H,5-7H2,1-4H3,(H,25,26)/t22-/m1/s1. The van der Waals surface area contributed by atoms with E-state index < -0.39 is 0 Å². The molecule has 1 atom stereocenters. The summed E-state index contributed by atoms with van der Waals surface area (Å²) < 4.78 is 7.52. The molecule has 0 bridgehead atoms. The first-order valence-electron chi connectivity index (χ1n) is 10.6. The number of aromatic nitrogens is 2. The van der Waals surface area contributed by atoms with E-state index in [0.717, 1.165) is 41.3 Å². The lowest BCUT2D eigenvalue weighted by molar-refractivity contribution is -0.139. The average Bonchev–Trinajstić information content (AvgIpc) is 3.12. The van der Waals surface area contributed by atoms with E-state index in [-0.39, 0.29) is 12.0 Å². The maximum atomic E-state index is 13.0. The smallest absolute Gasteiger partial charge is 0.338 e. The van der Waals surface area contributed by atoms with Crippen molar-refractivity contribution in [2.75, 3.05) is 29.9 Å². The van der Waals surface area contributed by atoms with Crippen molar-refractivity contribution in [2.45, 2.75) is 33.7 Å². The molecule has 1 aliphatic heterocycles. The Morgan fingerprint density at radius 3 is 2.47 bits per heavy atom. The van der Waals surface area contributed by atoms with Gasteiger partial charge >= 0.3 is 5.97 Å². The average molecular weight is 405 g/mol. The van der Waals surface area contributed by atoms with E-state index in [9.17, 15) is 4.79 Å². The van der Waals surface area contributed by atoms with Gasteiger partial charge in [0.1, 0.15) is 0 Å². The van der Waals surface area contributed by atoms with Crippen LogP contribution < -0.4 is 10.2 Å². The molecule has 1 aromatic heterocycles. The third kappa shape index (κ3) is 3.32. The highest BCUT2D eigenvalue weighted by atomic mass is 16.5. The van der Waals surface area contributed by atoms with Crippen LogP contribution in [0, 0.1) is 0 Å². The fraction of sp³-hybridized carbons (Fsp3) is 0.333. The van der Waals surface area contributed by atoms with Crippen molar-refractivity contribution < 1.29 is 9.53 Å². The van der Waals surface area contributed by atoms with Crippen molar-refractivity contribution in [3.8, 4) is 0 Å². The Kier molecular flexibility index (Phi) is 5.48. The number of ether oxygens (including phenoxy) is 1. The lowest BCUT2D eigenvalue weighted by atomic mass is 9.94. The van der Waals surface area contributed by atoms with Crippen LogP contribution in [0.2, 0.25) is 0 Å². The minimum absolute atomic E-state index is 0.302. The lowest BCUT2D eigenvalue weighted by Gasteiger charge is -2.30. The van der Waals surface area contributed by atoms with Crippen LogP contribution in [0.4, 0.5) is 11.6 Å². The highest BCUT2D eigenvalue weighted by Crippen LogP contribution is 2.39. The maximum Gasteiger partial charge on any atom is 0.338 e. The molecule has 4 rings (SSSR count). The third-order valence-electron chi connectivity index (χ3n) is 5.66. The van der Waals surface area contributed by atoms with Gasteiger partial charge in [-0.25, -0.2) is 9.78 Å². The SMILES string of the molecule is CCOC(=O)C1=C(C)Nc2nc3ccccc3n2[C@@H]1c1ccc(N(CC)CC)cc1. The molecule has 0 saturated carbocycles. The molecule has 0 radical (unpaired) electrons. The van der Waals surface area contributed by atoms with E-state index in [2.05, 4.69) is 52.9 Å². The number of para-hydroxylation sites is 2. The number of hydrogen-bond acceptors (Lipinski definition) is 5. The number of allylic oxidation sites excluding steroid dienone is 1. The van der Waals surface area contributed by atoms with Gasteiger partial charge < -0.3 is 15.0 Å². The predicted octanol–water partition coefficient (Wildman–Crippen LogP) is 4.73. The second kappa shape index (κ2) is 8.22. The molecule has 30 heavy (non-hydrogen) atoms. The van der Waals surface area contributed by atoms with E-state index in [1.165, 1.54) is 5.69 Å². The Morgan fingerprint density at radius 2 is 1.80 bits per heavy atom. The van der Waals surface area contributed by atoms with Gasteiger partial charge in [0.2, 0.25) is 5.95 Å². The maximum absolute atomic E-state index is 13.0. The molecule has 0 fully saturated rings. The van der Waals surface area contributed by atoms with Gasteiger partial charge in [-0.3, -0.25) is 4.57 Å². The number of anilines is 2. The summed E-state index contributed by atoms with van der Waals surface area (Å²) >= 11 is 0.